The molecule has 0 saturated heterocycles. The zero-order chi connectivity index (χ0) is 20.4. The molecule has 4 rings (SSSR count). The Hall–Kier alpha value is -2.87. The zero-order valence-electron chi connectivity index (χ0n) is 16.2. The number of hydrazine groups is 1. The van der Waals surface area contributed by atoms with Gasteiger partial charge in [-0.05, 0) is 48.9 Å². The number of para-hydroxylation sites is 2. The van der Waals surface area contributed by atoms with Gasteiger partial charge < -0.3 is 4.74 Å². The Morgan fingerprint density at radius 2 is 2.07 bits per heavy atom. The van der Waals surface area contributed by atoms with E-state index in [9.17, 15) is 14.4 Å². The second-order valence-electron chi connectivity index (χ2n) is 7.46. The average molecular weight is 413 g/mol. The molecular weight excluding hydrogens is 390 g/mol. The van der Waals surface area contributed by atoms with Crippen molar-refractivity contribution < 1.29 is 19.1 Å². The van der Waals surface area contributed by atoms with Gasteiger partial charge in [0, 0.05) is 4.88 Å². The zero-order valence-corrected chi connectivity index (χ0v) is 17.0. The number of aryl methyl sites for hydroxylation is 1. The van der Waals surface area contributed by atoms with Crippen molar-refractivity contribution in [3.8, 4) is 5.75 Å². The van der Waals surface area contributed by atoms with Gasteiger partial charge in [0.2, 0.25) is 5.91 Å². The number of benzene rings is 1. The Labute approximate surface area is 173 Å². The fourth-order valence-electron chi connectivity index (χ4n) is 3.68. The molecule has 0 spiro atoms. The summed E-state index contributed by atoms with van der Waals surface area (Å²) in [6, 6.07) is 9.02. The number of amides is 3. The van der Waals surface area contributed by atoms with Crippen molar-refractivity contribution in [3.63, 3.8) is 0 Å². The van der Waals surface area contributed by atoms with E-state index < -0.39 is 5.91 Å². The number of carbonyl (C=O) groups excluding carboxylic acids is 3. The van der Waals surface area contributed by atoms with E-state index in [1.54, 1.807) is 18.2 Å². The van der Waals surface area contributed by atoms with Gasteiger partial charge in [-0.2, -0.15) is 0 Å². The van der Waals surface area contributed by atoms with Crippen LogP contribution in [0.2, 0.25) is 0 Å². The van der Waals surface area contributed by atoms with Crippen LogP contribution in [0.5, 0.6) is 5.75 Å². The molecule has 0 saturated carbocycles. The van der Waals surface area contributed by atoms with Gasteiger partial charge in [-0.1, -0.05) is 19.1 Å². The van der Waals surface area contributed by atoms with Crippen molar-refractivity contribution in [1.29, 1.82) is 0 Å². The molecule has 2 aliphatic rings. The molecule has 29 heavy (non-hydrogen) atoms. The summed E-state index contributed by atoms with van der Waals surface area (Å²) in [7, 11) is 0. The summed E-state index contributed by atoms with van der Waals surface area (Å²) in [4.78, 5) is 40.5. The van der Waals surface area contributed by atoms with Gasteiger partial charge in [-0.25, -0.2) is 0 Å². The van der Waals surface area contributed by atoms with Gasteiger partial charge in [-0.3, -0.25) is 30.1 Å². The standard InChI is InChI=1S/C21H23N3O4S/c1-13-6-7-17-14(10-13)11-18(29-17)21(27)23-22-19(25)12-24-15-4-2-3-5-16(15)28-9-8-20(24)26/h2-5,11,13H,6-10,12H2,1H3,(H,22,25)(H,23,27)/t13-/m0/s1. The number of ether oxygens (including phenoxy) is 1. The van der Waals surface area contributed by atoms with Crippen molar-refractivity contribution in [3.05, 3.63) is 45.6 Å². The number of rotatable bonds is 3. The highest BCUT2D eigenvalue weighted by Crippen LogP contribution is 2.32. The summed E-state index contributed by atoms with van der Waals surface area (Å²) < 4.78 is 5.57. The van der Waals surface area contributed by atoms with E-state index in [2.05, 4.69) is 17.8 Å². The molecule has 0 bridgehead atoms. The lowest BCUT2D eigenvalue weighted by atomic mass is 9.90. The third-order valence-electron chi connectivity index (χ3n) is 5.20. The van der Waals surface area contributed by atoms with Crippen LogP contribution >= 0.6 is 11.3 Å². The number of hydrogen-bond acceptors (Lipinski definition) is 5. The minimum Gasteiger partial charge on any atom is -0.491 e. The first kappa shape index (κ1) is 19.4. The third kappa shape index (κ3) is 4.27. The minimum atomic E-state index is -0.474. The molecule has 0 radical (unpaired) electrons. The smallest absolute Gasteiger partial charge is 0.279 e. The lowest BCUT2D eigenvalue weighted by Crippen LogP contribution is -2.47. The maximum absolute atomic E-state index is 12.4. The van der Waals surface area contributed by atoms with Crippen molar-refractivity contribution >= 4 is 34.7 Å². The first-order valence-corrected chi connectivity index (χ1v) is 10.6. The summed E-state index contributed by atoms with van der Waals surface area (Å²) in [5.74, 6) is 0.186. The molecule has 3 amide bonds. The van der Waals surface area contributed by atoms with Gasteiger partial charge in [0.15, 0.2) is 0 Å². The highest BCUT2D eigenvalue weighted by atomic mass is 32.1. The summed E-state index contributed by atoms with van der Waals surface area (Å²) in [6.45, 7) is 2.29. The van der Waals surface area contributed by atoms with Gasteiger partial charge in [0.1, 0.15) is 12.3 Å². The van der Waals surface area contributed by atoms with E-state index in [-0.39, 0.29) is 31.4 Å². The number of thiophene rings is 1. The summed E-state index contributed by atoms with van der Waals surface area (Å²) in [5, 5.41) is 0. The average Bonchev–Trinajstić information content (AvgIpc) is 3.07. The number of anilines is 1. The highest BCUT2D eigenvalue weighted by molar-refractivity contribution is 7.14. The quantitative estimate of drug-likeness (QED) is 0.757. The van der Waals surface area contributed by atoms with Gasteiger partial charge in [0.25, 0.3) is 11.8 Å². The molecule has 1 aliphatic carbocycles. The van der Waals surface area contributed by atoms with Crippen molar-refractivity contribution in [2.24, 2.45) is 5.92 Å². The van der Waals surface area contributed by atoms with Crippen LogP contribution < -0.4 is 20.5 Å². The molecule has 152 valence electrons. The third-order valence-corrected chi connectivity index (χ3v) is 6.44. The van der Waals surface area contributed by atoms with E-state index in [0.29, 0.717) is 22.2 Å². The first-order valence-electron chi connectivity index (χ1n) is 9.74. The van der Waals surface area contributed by atoms with Gasteiger partial charge in [0.05, 0.1) is 23.6 Å². The predicted octanol–water partition coefficient (Wildman–Crippen LogP) is 2.45. The van der Waals surface area contributed by atoms with Crippen LogP contribution in [-0.4, -0.2) is 30.9 Å². The second kappa shape index (κ2) is 8.24. The molecule has 1 aromatic carbocycles. The van der Waals surface area contributed by atoms with E-state index in [1.165, 1.54) is 26.7 Å². The number of carbonyl (C=O) groups is 3. The molecule has 1 aliphatic heterocycles. The summed E-state index contributed by atoms with van der Waals surface area (Å²) in [5.41, 5.74) is 6.67. The monoisotopic (exact) mass is 413 g/mol. The van der Waals surface area contributed by atoms with E-state index >= 15 is 0 Å². The number of fused-ring (bicyclic) bond motifs is 2. The van der Waals surface area contributed by atoms with Crippen LogP contribution in [0.1, 0.15) is 39.9 Å². The fraction of sp³-hybridized carbons (Fsp3) is 0.381. The summed E-state index contributed by atoms with van der Waals surface area (Å²) >= 11 is 1.48. The molecule has 1 atom stereocenters. The molecule has 8 heteroatoms. The van der Waals surface area contributed by atoms with Crippen LogP contribution in [0.25, 0.3) is 0 Å². The van der Waals surface area contributed by atoms with Crippen LogP contribution in [0.3, 0.4) is 0 Å². The molecule has 0 unspecified atom stereocenters. The normalized spacial score (nSPS) is 18.2. The van der Waals surface area contributed by atoms with Gasteiger partial charge in [-0.15, -0.1) is 11.3 Å². The van der Waals surface area contributed by atoms with E-state index in [4.69, 9.17) is 4.74 Å². The van der Waals surface area contributed by atoms with Crippen molar-refractivity contribution in [2.75, 3.05) is 18.1 Å². The number of nitrogens with zero attached hydrogens (tertiary/aromatic N) is 1. The SMILES string of the molecule is C[C@H]1CCc2sc(C(=O)NNC(=O)CN3C(=O)CCOc4ccccc43)cc2C1. The number of hydrogen-bond donors (Lipinski definition) is 2. The Kier molecular flexibility index (Phi) is 5.53. The number of nitrogens with one attached hydrogen (secondary N) is 2. The lowest BCUT2D eigenvalue weighted by Gasteiger charge is -2.21. The topological polar surface area (TPSA) is 87.7 Å². The van der Waals surface area contributed by atoms with Crippen LogP contribution in [0.4, 0.5) is 5.69 Å². The Bertz CT molecular complexity index is 955. The van der Waals surface area contributed by atoms with Crippen molar-refractivity contribution in [2.45, 2.75) is 32.6 Å². The first-order chi connectivity index (χ1) is 14.0. The van der Waals surface area contributed by atoms with Crippen molar-refractivity contribution in [1.82, 2.24) is 10.9 Å². The maximum Gasteiger partial charge on any atom is 0.279 e. The van der Waals surface area contributed by atoms with E-state index in [1.807, 2.05) is 12.1 Å². The predicted molar refractivity (Wildman–Crippen MR) is 110 cm³/mol. The van der Waals surface area contributed by atoms with Crippen LogP contribution in [-0.2, 0) is 22.4 Å². The Morgan fingerprint density at radius 1 is 1.24 bits per heavy atom. The molecular formula is C21H23N3O4S. The molecule has 7 nitrogen and oxygen atoms in total. The molecule has 2 aromatic rings. The Balaban J connectivity index is 1.38. The lowest BCUT2D eigenvalue weighted by molar-refractivity contribution is -0.124. The largest absolute Gasteiger partial charge is 0.491 e. The molecule has 2 heterocycles. The molecule has 1 aromatic heterocycles. The highest BCUT2D eigenvalue weighted by Gasteiger charge is 2.25. The maximum atomic E-state index is 12.4. The van der Waals surface area contributed by atoms with Crippen LogP contribution in [0, 0.1) is 5.92 Å². The molecule has 0 fully saturated rings. The minimum absolute atomic E-state index is 0.188. The van der Waals surface area contributed by atoms with Gasteiger partial charge >= 0.3 is 0 Å². The van der Waals surface area contributed by atoms with Crippen LogP contribution in [0.15, 0.2) is 30.3 Å². The molecule has 2 N–H and O–H groups in total. The second-order valence-corrected chi connectivity index (χ2v) is 8.59. The van der Waals surface area contributed by atoms with E-state index in [0.717, 1.165) is 19.3 Å². The fourth-order valence-corrected chi connectivity index (χ4v) is 4.79. The Morgan fingerprint density at radius 3 is 2.93 bits per heavy atom. The summed E-state index contributed by atoms with van der Waals surface area (Å²) in [6.07, 6.45) is 3.32.